The van der Waals surface area contributed by atoms with Crippen molar-refractivity contribution in [2.45, 2.75) is 0 Å². The Kier molecular flexibility index (Phi) is 4.68. The molecular formula is C17H18N6O4. The molecule has 1 aromatic carbocycles. The molecule has 2 aromatic rings. The number of piperazine rings is 1. The second-order valence-corrected chi connectivity index (χ2v) is 6.26. The Hall–Kier alpha value is -3.61. The average molecular weight is 370 g/mol. The lowest BCUT2D eigenvalue weighted by Crippen LogP contribution is -2.50. The smallest absolute Gasteiger partial charge is 0.332 e. The summed E-state index contributed by atoms with van der Waals surface area (Å²) in [6, 6.07) is 8.23. The van der Waals surface area contributed by atoms with E-state index in [0.29, 0.717) is 32.0 Å². The molecule has 1 saturated heterocycles. The number of nitro groups is 1. The first-order valence-corrected chi connectivity index (χ1v) is 8.29. The second kappa shape index (κ2) is 6.95. The van der Waals surface area contributed by atoms with Gasteiger partial charge < -0.3 is 9.80 Å². The molecule has 2 heterocycles. The van der Waals surface area contributed by atoms with Gasteiger partial charge in [-0.1, -0.05) is 0 Å². The number of hydrogen-bond acceptors (Lipinski definition) is 7. The van der Waals surface area contributed by atoms with Crippen LogP contribution >= 0.6 is 0 Å². The lowest BCUT2D eigenvalue weighted by molar-refractivity contribution is -0.384. The predicted octanol–water partition coefficient (Wildman–Crippen LogP) is 0.190. The summed E-state index contributed by atoms with van der Waals surface area (Å²) in [6.07, 6.45) is 0. The van der Waals surface area contributed by atoms with Gasteiger partial charge >= 0.3 is 5.69 Å². The van der Waals surface area contributed by atoms with E-state index < -0.39 is 16.2 Å². The highest BCUT2D eigenvalue weighted by atomic mass is 16.6. The van der Waals surface area contributed by atoms with Gasteiger partial charge in [-0.05, 0) is 12.1 Å². The summed E-state index contributed by atoms with van der Waals surface area (Å²) in [6.45, 7) is 2.19. The van der Waals surface area contributed by atoms with Crippen LogP contribution in [-0.4, -0.2) is 40.2 Å². The quantitative estimate of drug-likeness (QED) is 0.559. The zero-order valence-corrected chi connectivity index (χ0v) is 15.0. The minimum Gasteiger partial charge on any atom is -0.368 e. The highest BCUT2D eigenvalue weighted by Gasteiger charge is 2.25. The number of non-ortho nitro benzene ring substituents is 1. The van der Waals surface area contributed by atoms with Crippen molar-refractivity contribution in [2.75, 3.05) is 36.0 Å². The minimum atomic E-state index is -0.603. The molecule has 0 atom stereocenters. The number of nitriles is 1. The fraction of sp³-hybridized carbons (Fsp3) is 0.353. The van der Waals surface area contributed by atoms with Gasteiger partial charge in [0.2, 0.25) is 0 Å². The van der Waals surface area contributed by atoms with Gasteiger partial charge in [-0.2, -0.15) is 5.26 Å². The molecule has 0 radical (unpaired) electrons. The summed E-state index contributed by atoms with van der Waals surface area (Å²) in [5, 5.41) is 20.2. The SMILES string of the molecule is Cn1c(N2CCN(c3ccc([N+](=O)[O-])cc3)CC2)c(C#N)c(=O)n(C)c1=O. The van der Waals surface area contributed by atoms with Gasteiger partial charge in [-0.25, -0.2) is 4.79 Å². The minimum absolute atomic E-state index is 0.0335. The maximum Gasteiger partial charge on any atom is 0.332 e. The Morgan fingerprint density at radius 3 is 2.07 bits per heavy atom. The van der Waals surface area contributed by atoms with Crippen LogP contribution in [0.25, 0.3) is 0 Å². The second-order valence-electron chi connectivity index (χ2n) is 6.26. The zero-order chi connectivity index (χ0) is 19.7. The number of nitro benzene ring substituents is 1. The maximum absolute atomic E-state index is 12.2. The van der Waals surface area contributed by atoms with Crippen molar-refractivity contribution < 1.29 is 4.92 Å². The molecular weight excluding hydrogens is 352 g/mol. The molecule has 1 aliphatic heterocycles. The van der Waals surface area contributed by atoms with Crippen LogP contribution in [0.15, 0.2) is 33.9 Å². The average Bonchev–Trinajstić information content (AvgIpc) is 2.69. The van der Waals surface area contributed by atoms with Crippen LogP contribution in [0.3, 0.4) is 0 Å². The third kappa shape index (κ3) is 3.15. The fourth-order valence-corrected chi connectivity index (χ4v) is 3.26. The van der Waals surface area contributed by atoms with Crippen molar-refractivity contribution in [3.8, 4) is 6.07 Å². The van der Waals surface area contributed by atoms with Crippen LogP contribution < -0.4 is 21.0 Å². The first-order valence-electron chi connectivity index (χ1n) is 8.29. The van der Waals surface area contributed by atoms with Crippen molar-refractivity contribution in [3.63, 3.8) is 0 Å². The normalized spacial score (nSPS) is 14.1. The number of benzene rings is 1. The Morgan fingerprint density at radius 2 is 1.56 bits per heavy atom. The molecule has 3 rings (SSSR count). The van der Waals surface area contributed by atoms with E-state index in [4.69, 9.17) is 0 Å². The van der Waals surface area contributed by atoms with Crippen LogP contribution in [0.2, 0.25) is 0 Å². The predicted molar refractivity (Wildman–Crippen MR) is 99.2 cm³/mol. The van der Waals surface area contributed by atoms with E-state index in [1.54, 1.807) is 19.2 Å². The van der Waals surface area contributed by atoms with E-state index in [-0.39, 0.29) is 11.3 Å². The van der Waals surface area contributed by atoms with Gasteiger partial charge in [0.15, 0.2) is 5.56 Å². The number of aromatic nitrogens is 2. The van der Waals surface area contributed by atoms with E-state index in [9.17, 15) is 25.0 Å². The summed E-state index contributed by atoms with van der Waals surface area (Å²) in [4.78, 5) is 38.7. The Bertz CT molecular complexity index is 1040. The van der Waals surface area contributed by atoms with Gasteiger partial charge in [0, 0.05) is 58.1 Å². The highest BCUT2D eigenvalue weighted by molar-refractivity contribution is 5.56. The van der Waals surface area contributed by atoms with Gasteiger partial charge in [-0.15, -0.1) is 0 Å². The molecule has 0 spiro atoms. The molecule has 0 aliphatic carbocycles. The summed E-state index contributed by atoms with van der Waals surface area (Å²) in [7, 11) is 2.89. The van der Waals surface area contributed by atoms with E-state index in [1.807, 2.05) is 11.0 Å². The lowest BCUT2D eigenvalue weighted by atomic mass is 10.2. The highest BCUT2D eigenvalue weighted by Crippen LogP contribution is 2.23. The molecule has 27 heavy (non-hydrogen) atoms. The van der Waals surface area contributed by atoms with Crippen LogP contribution in [0, 0.1) is 21.4 Å². The molecule has 0 saturated carbocycles. The van der Waals surface area contributed by atoms with Crippen molar-refractivity contribution in [3.05, 3.63) is 60.8 Å². The van der Waals surface area contributed by atoms with E-state index >= 15 is 0 Å². The van der Waals surface area contributed by atoms with Crippen LogP contribution in [0.1, 0.15) is 5.56 Å². The van der Waals surface area contributed by atoms with Gasteiger partial charge in [0.1, 0.15) is 11.9 Å². The molecule has 0 amide bonds. The Labute approximate surface area is 154 Å². The molecule has 140 valence electrons. The monoisotopic (exact) mass is 370 g/mol. The number of rotatable bonds is 3. The summed E-state index contributed by atoms with van der Waals surface area (Å²) in [5.74, 6) is 0.328. The van der Waals surface area contributed by atoms with Crippen molar-refractivity contribution >= 4 is 17.2 Å². The fourth-order valence-electron chi connectivity index (χ4n) is 3.26. The van der Waals surface area contributed by atoms with E-state index in [2.05, 4.69) is 4.90 Å². The van der Waals surface area contributed by atoms with Crippen molar-refractivity contribution in [2.24, 2.45) is 14.1 Å². The van der Waals surface area contributed by atoms with E-state index in [1.165, 1.54) is 23.7 Å². The molecule has 1 fully saturated rings. The standard InChI is InChI=1S/C17H18N6O4/c1-19-15(14(11-18)16(24)20(2)17(19)25)22-9-7-21(8-10-22)12-3-5-13(6-4-12)23(26)27/h3-6H,7-10H2,1-2H3. The first-order chi connectivity index (χ1) is 12.8. The molecule has 1 aliphatic rings. The summed E-state index contributed by atoms with van der Waals surface area (Å²) >= 11 is 0. The van der Waals surface area contributed by atoms with Crippen LogP contribution in [0.5, 0.6) is 0 Å². The molecule has 10 heteroatoms. The first kappa shape index (κ1) is 18.2. The Morgan fingerprint density at radius 1 is 1.00 bits per heavy atom. The number of nitrogens with zero attached hydrogens (tertiary/aromatic N) is 6. The van der Waals surface area contributed by atoms with Crippen molar-refractivity contribution in [1.29, 1.82) is 5.26 Å². The molecule has 10 nitrogen and oxygen atoms in total. The Balaban J connectivity index is 1.84. The molecule has 0 N–H and O–H groups in total. The van der Waals surface area contributed by atoms with E-state index in [0.717, 1.165) is 10.3 Å². The molecule has 1 aromatic heterocycles. The number of hydrogen-bond donors (Lipinski definition) is 0. The largest absolute Gasteiger partial charge is 0.368 e. The maximum atomic E-state index is 12.2. The van der Waals surface area contributed by atoms with Crippen LogP contribution in [-0.2, 0) is 14.1 Å². The van der Waals surface area contributed by atoms with Crippen LogP contribution in [0.4, 0.5) is 17.2 Å². The lowest BCUT2D eigenvalue weighted by Gasteiger charge is -2.38. The third-order valence-electron chi connectivity index (χ3n) is 4.75. The topological polar surface area (TPSA) is 117 Å². The summed E-state index contributed by atoms with van der Waals surface area (Å²) < 4.78 is 2.25. The zero-order valence-electron chi connectivity index (χ0n) is 15.0. The summed E-state index contributed by atoms with van der Waals surface area (Å²) in [5.41, 5.74) is -0.242. The van der Waals surface area contributed by atoms with Gasteiger partial charge in [0.05, 0.1) is 4.92 Å². The van der Waals surface area contributed by atoms with Crippen molar-refractivity contribution in [1.82, 2.24) is 9.13 Å². The van der Waals surface area contributed by atoms with Gasteiger partial charge in [-0.3, -0.25) is 24.0 Å². The molecule has 0 bridgehead atoms. The molecule has 0 unspecified atom stereocenters. The van der Waals surface area contributed by atoms with Gasteiger partial charge in [0.25, 0.3) is 11.2 Å². The number of anilines is 2. The third-order valence-corrected chi connectivity index (χ3v) is 4.75.